The van der Waals surface area contributed by atoms with E-state index in [1.165, 1.54) is 12.0 Å². The molecule has 2 bridgehead atoms. The van der Waals surface area contributed by atoms with Gasteiger partial charge in [0, 0.05) is 5.92 Å². The van der Waals surface area contributed by atoms with Gasteiger partial charge < -0.3 is 11.5 Å². The lowest BCUT2D eigenvalue weighted by molar-refractivity contribution is 0.662. The van der Waals surface area contributed by atoms with E-state index < -0.39 is 0 Å². The maximum Gasteiger partial charge on any atom is 0.0749 e. The lowest BCUT2D eigenvalue weighted by atomic mass is 10.0. The summed E-state index contributed by atoms with van der Waals surface area (Å²) in [5.74, 6) is 1.19. The predicted octanol–water partition coefficient (Wildman–Crippen LogP) is 0.362. The van der Waals surface area contributed by atoms with Crippen LogP contribution in [0, 0.1) is 11.8 Å². The van der Waals surface area contributed by atoms with E-state index in [9.17, 15) is 0 Å². The van der Waals surface area contributed by atoms with Gasteiger partial charge in [0.15, 0.2) is 0 Å². The van der Waals surface area contributed by atoms with Gasteiger partial charge in [0.05, 0.1) is 6.17 Å². The summed E-state index contributed by atoms with van der Waals surface area (Å²) in [4.78, 5) is 0. The van der Waals surface area contributed by atoms with Gasteiger partial charge in [0.2, 0.25) is 0 Å². The van der Waals surface area contributed by atoms with Crippen molar-refractivity contribution in [3.05, 3.63) is 23.8 Å². The van der Waals surface area contributed by atoms with Crippen molar-refractivity contribution < 1.29 is 0 Å². The van der Waals surface area contributed by atoms with Crippen LogP contribution in [0.2, 0.25) is 0 Å². The molecule has 54 valence electrons. The largest absolute Gasteiger partial charge is 0.313 e. The maximum absolute atomic E-state index is 5.56. The van der Waals surface area contributed by atoms with E-state index >= 15 is 0 Å². The van der Waals surface area contributed by atoms with E-state index in [4.69, 9.17) is 11.5 Å². The first-order valence-corrected chi connectivity index (χ1v) is 3.68. The van der Waals surface area contributed by atoms with Crippen LogP contribution in [-0.2, 0) is 0 Å². The Hall–Kier alpha value is -0.600. The molecule has 0 amide bonds. The van der Waals surface area contributed by atoms with Crippen LogP contribution in [0.3, 0.4) is 0 Å². The average Bonchev–Trinajstić information content (AvgIpc) is 2.44. The molecule has 2 unspecified atom stereocenters. The molecule has 0 fully saturated rings. The van der Waals surface area contributed by atoms with Gasteiger partial charge in [-0.15, -0.1) is 0 Å². The fourth-order valence-electron chi connectivity index (χ4n) is 1.83. The quantitative estimate of drug-likeness (QED) is 0.404. The summed E-state index contributed by atoms with van der Waals surface area (Å²) < 4.78 is 0. The Balaban J connectivity index is 2.21. The maximum atomic E-state index is 5.56. The van der Waals surface area contributed by atoms with Gasteiger partial charge in [-0.3, -0.25) is 0 Å². The highest BCUT2D eigenvalue weighted by Gasteiger charge is 2.29. The molecule has 4 N–H and O–H groups in total. The number of hydrogen-bond acceptors (Lipinski definition) is 2. The van der Waals surface area contributed by atoms with Crippen molar-refractivity contribution in [2.45, 2.75) is 12.6 Å². The second-order valence-corrected chi connectivity index (χ2v) is 3.08. The standard InChI is InChI=1S/C8H12N2/c9-8(10)7-4-5-1-2-6(7)3-5/h1-2,4-6,8H,3,9-10H2. The zero-order valence-corrected chi connectivity index (χ0v) is 5.83. The van der Waals surface area contributed by atoms with E-state index in [-0.39, 0.29) is 6.17 Å². The molecule has 10 heavy (non-hydrogen) atoms. The van der Waals surface area contributed by atoms with E-state index in [2.05, 4.69) is 18.2 Å². The van der Waals surface area contributed by atoms with Crippen molar-refractivity contribution in [3.8, 4) is 0 Å². The third kappa shape index (κ3) is 0.728. The Labute approximate surface area is 60.6 Å². The summed E-state index contributed by atoms with van der Waals surface area (Å²) in [6, 6.07) is 0. The lowest BCUT2D eigenvalue weighted by Gasteiger charge is -2.12. The van der Waals surface area contributed by atoms with Crippen LogP contribution in [0.5, 0.6) is 0 Å². The predicted molar refractivity (Wildman–Crippen MR) is 41.0 cm³/mol. The fraction of sp³-hybridized carbons (Fsp3) is 0.500. The molecule has 0 spiro atoms. The Bertz CT molecular complexity index is 203. The van der Waals surface area contributed by atoms with Crippen LogP contribution in [0.4, 0.5) is 0 Å². The monoisotopic (exact) mass is 136 g/mol. The zero-order valence-electron chi connectivity index (χ0n) is 5.83. The Morgan fingerprint density at radius 3 is 2.50 bits per heavy atom. The van der Waals surface area contributed by atoms with Crippen molar-refractivity contribution in [2.24, 2.45) is 23.3 Å². The summed E-state index contributed by atoms with van der Waals surface area (Å²) in [5.41, 5.74) is 12.3. The molecular weight excluding hydrogens is 124 g/mol. The number of rotatable bonds is 1. The Morgan fingerprint density at radius 2 is 2.20 bits per heavy atom. The minimum atomic E-state index is -0.236. The first-order valence-electron chi connectivity index (χ1n) is 3.68. The fourth-order valence-corrected chi connectivity index (χ4v) is 1.83. The first-order chi connectivity index (χ1) is 4.77. The van der Waals surface area contributed by atoms with Gasteiger partial charge in [-0.25, -0.2) is 0 Å². The summed E-state index contributed by atoms with van der Waals surface area (Å²) in [7, 11) is 0. The van der Waals surface area contributed by atoms with Crippen LogP contribution in [0.15, 0.2) is 23.8 Å². The summed E-state index contributed by atoms with van der Waals surface area (Å²) in [6.07, 6.45) is 7.62. The molecular formula is C8H12N2. The van der Waals surface area contributed by atoms with Crippen molar-refractivity contribution in [1.29, 1.82) is 0 Å². The van der Waals surface area contributed by atoms with Crippen molar-refractivity contribution in [1.82, 2.24) is 0 Å². The molecule has 2 atom stereocenters. The van der Waals surface area contributed by atoms with Crippen LogP contribution < -0.4 is 11.5 Å². The number of fused-ring (bicyclic) bond motifs is 2. The summed E-state index contributed by atoms with van der Waals surface area (Å²) >= 11 is 0. The molecule has 0 heterocycles. The van der Waals surface area contributed by atoms with Crippen molar-refractivity contribution >= 4 is 0 Å². The first kappa shape index (κ1) is 6.13. The number of hydrogen-bond donors (Lipinski definition) is 2. The molecule has 2 heteroatoms. The molecule has 0 radical (unpaired) electrons. The molecule has 0 saturated carbocycles. The molecule has 2 aliphatic rings. The molecule has 2 rings (SSSR count). The minimum absolute atomic E-state index is 0.236. The van der Waals surface area contributed by atoms with Crippen LogP contribution in [0.25, 0.3) is 0 Å². The highest BCUT2D eigenvalue weighted by molar-refractivity contribution is 5.32. The molecule has 2 aliphatic carbocycles. The lowest BCUT2D eigenvalue weighted by Crippen LogP contribution is -2.34. The number of allylic oxidation sites excluding steroid dienone is 3. The van der Waals surface area contributed by atoms with Crippen molar-refractivity contribution in [3.63, 3.8) is 0 Å². The smallest absolute Gasteiger partial charge is 0.0749 e. The van der Waals surface area contributed by atoms with Crippen LogP contribution in [0.1, 0.15) is 6.42 Å². The van der Waals surface area contributed by atoms with E-state index in [1.807, 2.05) is 0 Å². The van der Waals surface area contributed by atoms with Gasteiger partial charge in [-0.2, -0.15) is 0 Å². The molecule has 0 aromatic rings. The molecule has 0 aromatic heterocycles. The zero-order chi connectivity index (χ0) is 7.14. The third-order valence-electron chi connectivity index (χ3n) is 2.34. The summed E-state index contributed by atoms with van der Waals surface area (Å²) in [5, 5.41) is 0. The highest BCUT2D eigenvalue weighted by Crippen LogP contribution is 2.38. The highest BCUT2D eigenvalue weighted by atomic mass is 14.9. The Kier molecular flexibility index (Phi) is 1.19. The van der Waals surface area contributed by atoms with Gasteiger partial charge in [0.25, 0.3) is 0 Å². The molecule has 0 aliphatic heterocycles. The molecule has 0 aromatic carbocycles. The van der Waals surface area contributed by atoms with Crippen LogP contribution in [-0.4, -0.2) is 6.17 Å². The van der Waals surface area contributed by atoms with Gasteiger partial charge in [0.1, 0.15) is 0 Å². The Morgan fingerprint density at radius 1 is 1.40 bits per heavy atom. The average molecular weight is 136 g/mol. The van der Waals surface area contributed by atoms with E-state index in [1.54, 1.807) is 0 Å². The van der Waals surface area contributed by atoms with Gasteiger partial charge in [-0.05, 0) is 17.9 Å². The van der Waals surface area contributed by atoms with Gasteiger partial charge in [-0.1, -0.05) is 18.2 Å². The van der Waals surface area contributed by atoms with E-state index in [0.29, 0.717) is 11.8 Å². The molecule has 0 saturated heterocycles. The topological polar surface area (TPSA) is 52.0 Å². The van der Waals surface area contributed by atoms with E-state index in [0.717, 1.165) is 0 Å². The molecule has 2 nitrogen and oxygen atoms in total. The normalized spacial score (nSPS) is 35.7. The SMILES string of the molecule is NC(N)C1=CC2C=CC1C2. The summed E-state index contributed by atoms with van der Waals surface area (Å²) in [6.45, 7) is 0. The second-order valence-electron chi connectivity index (χ2n) is 3.08. The second kappa shape index (κ2) is 1.94. The third-order valence-corrected chi connectivity index (χ3v) is 2.34. The van der Waals surface area contributed by atoms with Crippen LogP contribution >= 0.6 is 0 Å². The number of nitrogens with two attached hydrogens (primary N) is 2. The van der Waals surface area contributed by atoms with Crippen molar-refractivity contribution in [2.75, 3.05) is 0 Å². The van der Waals surface area contributed by atoms with Gasteiger partial charge >= 0.3 is 0 Å². The minimum Gasteiger partial charge on any atom is -0.313 e.